The lowest BCUT2D eigenvalue weighted by Gasteiger charge is -2.33. The zero-order valence-corrected chi connectivity index (χ0v) is 12.7. The van der Waals surface area contributed by atoms with Crippen LogP contribution in [0.2, 0.25) is 0 Å². The van der Waals surface area contributed by atoms with Gasteiger partial charge < -0.3 is 10.2 Å². The van der Waals surface area contributed by atoms with Crippen molar-refractivity contribution >= 4 is 5.91 Å². The summed E-state index contributed by atoms with van der Waals surface area (Å²) in [5.74, 6) is 0.228. The van der Waals surface area contributed by atoms with E-state index in [1.165, 1.54) is 11.1 Å². The number of rotatable bonds is 5. The first kappa shape index (κ1) is 14.8. The summed E-state index contributed by atoms with van der Waals surface area (Å²) in [6.45, 7) is 2.48. The largest absolute Gasteiger partial charge is 0.340 e. The second-order valence-corrected chi connectivity index (χ2v) is 5.76. The van der Waals surface area contributed by atoms with E-state index in [0.29, 0.717) is 0 Å². The van der Waals surface area contributed by atoms with Crippen LogP contribution in [-0.2, 0) is 17.6 Å². The maximum atomic E-state index is 12.6. The molecule has 2 aromatic carbocycles. The maximum Gasteiger partial charge on any atom is 0.240 e. The summed E-state index contributed by atoms with van der Waals surface area (Å²) in [7, 11) is 0. The number of nitrogens with zero attached hydrogens (tertiary/aromatic N) is 1. The van der Waals surface area contributed by atoms with Crippen LogP contribution in [0.4, 0.5) is 0 Å². The maximum absolute atomic E-state index is 12.6. The van der Waals surface area contributed by atoms with E-state index in [0.717, 1.165) is 32.5 Å². The molecule has 1 aliphatic rings. The lowest BCUT2D eigenvalue weighted by atomic mass is 10.0. The Labute approximate surface area is 132 Å². The summed E-state index contributed by atoms with van der Waals surface area (Å²) < 4.78 is 0. The lowest BCUT2D eigenvalue weighted by molar-refractivity contribution is -0.135. The lowest BCUT2D eigenvalue weighted by Crippen LogP contribution is -2.56. The molecule has 1 amide bonds. The minimum atomic E-state index is -0.0908. The minimum absolute atomic E-state index is 0.0908. The van der Waals surface area contributed by atoms with Gasteiger partial charge in [-0.15, -0.1) is 0 Å². The van der Waals surface area contributed by atoms with Gasteiger partial charge in [0.05, 0.1) is 6.04 Å². The topological polar surface area (TPSA) is 32.3 Å². The molecule has 1 fully saturated rings. The fourth-order valence-corrected chi connectivity index (χ4v) is 2.93. The Morgan fingerprint density at radius 3 is 2.27 bits per heavy atom. The third-order valence-corrected chi connectivity index (χ3v) is 4.18. The number of amides is 1. The second-order valence-electron chi connectivity index (χ2n) is 5.76. The molecule has 0 bridgehead atoms. The predicted molar refractivity (Wildman–Crippen MR) is 88.7 cm³/mol. The van der Waals surface area contributed by atoms with Gasteiger partial charge >= 0.3 is 0 Å². The van der Waals surface area contributed by atoms with Gasteiger partial charge in [-0.1, -0.05) is 60.7 Å². The van der Waals surface area contributed by atoms with Gasteiger partial charge in [-0.2, -0.15) is 0 Å². The van der Waals surface area contributed by atoms with E-state index in [-0.39, 0.29) is 11.9 Å². The van der Waals surface area contributed by atoms with Crippen LogP contribution < -0.4 is 5.32 Å². The minimum Gasteiger partial charge on any atom is -0.340 e. The highest BCUT2D eigenvalue weighted by Gasteiger charge is 2.27. The summed E-state index contributed by atoms with van der Waals surface area (Å²) in [6, 6.07) is 20.5. The highest BCUT2D eigenvalue weighted by Crippen LogP contribution is 2.10. The first-order valence-electron chi connectivity index (χ1n) is 7.93. The van der Waals surface area contributed by atoms with Gasteiger partial charge in [-0.05, 0) is 24.0 Å². The van der Waals surface area contributed by atoms with Crippen LogP contribution in [0.3, 0.4) is 0 Å². The highest BCUT2D eigenvalue weighted by atomic mass is 16.2. The van der Waals surface area contributed by atoms with E-state index >= 15 is 0 Å². The van der Waals surface area contributed by atoms with E-state index in [1.54, 1.807) is 0 Å². The fraction of sp³-hybridized carbons (Fsp3) is 0.316. The first-order valence-corrected chi connectivity index (χ1v) is 7.93. The first-order chi connectivity index (χ1) is 10.8. The molecule has 1 aliphatic heterocycles. The molecule has 2 aromatic rings. The molecule has 22 heavy (non-hydrogen) atoms. The van der Waals surface area contributed by atoms with Crippen molar-refractivity contribution in [3.8, 4) is 0 Å². The van der Waals surface area contributed by atoms with Crippen LogP contribution in [-0.4, -0.2) is 36.5 Å². The Kier molecular flexibility index (Phi) is 4.86. The van der Waals surface area contributed by atoms with Gasteiger partial charge in [-0.3, -0.25) is 4.79 Å². The van der Waals surface area contributed by atoms with Crippen molar-refractivity contribution in [2.45, 2.75) is 18.9 Å². The average Bonchev–Trinajstić information content (AvgIpc) is 2.58. The molecular formula is C19H22N2O. The van der Waals surface area contributed by atoms with Gasteiger partial charge in [0.2, 0.25) is 5.91 Å². The molecule has 3 heteroatoms. The molecule has 3 nitrogen and oxygen atoms in total. The van der Waals surface area contributed by atoms with E-state index in [2.05, 4.69) is 29.6 Å². The molecule has 0 spiro atoms. The molecular weight excluding hydrogens is 272 g/mol. The van der Waals surface area contributed by atoms with E-state index in [4.69, 9.17) is 0 Å². The van der Waals surface area contributed by atoms with Crippen molar-refractivity contribution in [1.82, 2.24) is 10.2 Å². The molecule has 0 unspecified atom stereocenters. The fourth-order valence-electron chi connectivity index (χ4n) is 2.93. The Morgan fingerprint density at radius 2 is 1.59 bits per heavy atom. The SMILES string of the molecule is O=C1[C@H](Cc2ccccc2)NCCN1CCc1ccccc1. The Morgan fingerprint density at radius 1 is 0.955 bits per heavy atom. The summed E-state index contributed by atoms with van der Waals surface area (Å²) in [5.41, 5.74) is 2.49. The zero-order valence-electron chi connectivity index (χ0n) is 12.7. The van der Waals surface area contributed by atoms with Crippen molar-refractivity contribution in [3.05, 3.63) is 71.8 Å². The molecule has 3 rings (SSSR count). The highest BCUT2D eigenvalue weighted by molar-refractivity contribution is 5.83. The van der Waals surface area contributed by atoms with E-state index < -0.39 is 0 Å². The third-order valence-electron chi connectivity index (χ3n) is 4.18. The molecule has 0 saturated carbocycles. The second kappa shape index (κ2) is 7.23. The Balaban J connectivity index is 1.58. The molecule has 0 aliphatic carbocycles. The van der Waals surface area contributed by atoms with Crippen molar-refractivity contribution in [2.75, 3.05) is 19.6 Å². The van der Waals surface area contributed by atoms with Crippen molar-refractivity contribution in [2.24, 2.45) is 0 Å². The molecule has 0 aromatic heterocycles. The Bertz CT molecular complexity index is 597. The molecule has 1 atom stereocenters. The standard InChI is InChI=1S/C19H22N2O/c22-19-18(15-17-9-5-2-6-10-17)20-12-14-21(19)13-11-16-7-3-1-4-8-16/h1-10,18,20H,11-15H2/t18-/m0/s1. The predicted octanol–water partition coefficient (Wildman–Crippen LogP) is 2.27. The van der Waals surface area contributed by atoms with Gasteiger partial charge in [-0.25, -0.2) is 0 Å². The summed E-state index contributed by atoms with van der Waals surface area (Å²) in [6.07, 6.45) is 1.69. The van der Waals surface area contributed by atoms with Crippen LogP contribution in [0.5, 0.6) is 0 Å². The smallest absolute Gasteiger partial charge is 0.240 e. The van der Waals surface area contributed by atoms with Crippen LogP contribution in [0.25, 0.3) is 0 Å². The van der Waals surface area contributed by atoms with Crippen molar-refractivity contribution in [1.29, 1.82) is 0 Å². The van der Waals surface area contributed by atoms with Crippen molar-refractivity contribution in [3.63, 3.8) is 0 Å². The number of nitrogens with one attached hydrogen (secondary N) is 1. The Hall–Kier alpha value is -2.13. The summed E-state index contributed by atoms with van der Waals surface area (Å²) in [4.78, 5) is 14.6. The number of piperazine rings is 1. The van der Waals surface area contributed by atoms with Crippen LogP contribution in [0.15, 0.2) is 60.7 Å². The number of benzene rings is 2. The van der Waals surface area contributed by atoms with Crippen LogP contribution in [0, 0.1) is 0 Å². The zero-order chi connectivity index (χ0) is 15.2. The number of carbonyl (C=O) groups excluding carboxylic acids is 1. The van der Waals surface area contributed by atoms with Gasteiger partial charge in [0.1, 0.15) is 0 Å². The number of carbonyl (C=O) groups is 1. The van der Waals surface area contributed by atoms with Crippen molar-refractivity contribution < 1.29 is 4.79 Å². The van der Waals surface area contributed by atoms with E-state index in [9.17, 15) is 4.79 Å². The molecule has 1 heterocycles. The summed E-state index contributed by atoms with van der Waals surface area (Å²) >= 11 is 0. The van der Waals surface area contributed by atoms with Gasteiger partial charge in [0.25, 0.3) is 0 Å². The molecule has 114 valence electrons. The quantitative estimate of drug-likeness (QED) is 0.917. The monoisotopic (exact) mass is 294 g/mol. The van der Waals surface area contributed by atoms with Gasteiger partial charge in [0.15, 0.2) is 0 Å². The van der Waals surface area contributed by atoms with Crippen LogP contribution >= 0.6 is 0 Å². The summed E-state index contributed by atoms with van der Waals surface area (Å²) in [5, 5.41) is 3.35. The van der Waals surface area contributed by atoms with E-state index in [1.807, 2.05) is 41.3 Å². The van der Waals surface area contributed by atoms with Gasteiger partial charge in [0, 0.05) is 19.6 Å². The number of hydrogen-bond donors (Lipinski definition) is 1. The molecule has 1 saturated heterocycles. The third kappa shape index (κ3) is 3.74. The average molecular weight is 294 g/mol. The van der Waals surface area contributed by atoms with Crippen LogP contribution in [0.1, 0.15) is 11.1 Å². The molecule has 0 radical (unpaired) electrons. The number of hydrogen-bond acceptors (Lipinski definition) is 2. The molecule has 1 N–H and O–H groups in total. The normalized spacial score (nSPS) is 18.5.